The van der Waals surface area contributed by atoms with Crippen LogP contribution in [0.1, 0.15) is 13.3 Å². The number of carbonyl (C=O) groups is 2. The van der Waals surface area contributed by atoms with Gasteiger partial charge in [-0.05, 0) is 55.5 Å². The highest BCUT2D eigenvalue weighted by Gasteiger charge is 2.35. The van der Waals surface area contributed by atoms with Gasteiger partial charge in [0.15, 0.2) is 5.17 Å². The van der Waals surface area contributed by atoms with E-state index in [1.165, 1.54) is 11.8 Å². The van der Waals surface area contributed by atoms with Gasteiger partial charge >= 0.3 is 0 Å². The molecule has 1 N–H and O–H groups in total. The van der Waals surface area contributed by atoms with Crippen LogP contribution in [-0.4, -0.2) is 47.9 Å². The number of amides is 2. The number of carbonyl (C=O) groups excluding carboxylic acids is 2. The van der Waals surface area contributed by atoms with E-state index in [4.69, 9.17) is 9.47 Å². The molecule has 1 atom stereocenters. The van der Waals surface area contributed by atoms with Crippen LogP contribution in [0.4, 0.5) is 11.4 Å². The summed E-state index contributed by atoms with van der Waals surface area (Å²) in [4.78, 5) is 31.5. The summed E-state index contributed by atoms with van der Waals surface area (Å²) in [6.07, 6.45) is 0.127. The lowest BCUT2D eigenvalue weighted by molar-refractivity contribution is -0.129. The third-order valence-electron chi connectivity index (χ3n) is 4.40. The summed E-state index contributed by atoms with van der Waals surface area (Å²) in [5, 5.41) is 2.82. The normalized spacial score (nSPS) is 17.9. The second-order valence-electron chi connectivity index (χ2n) is 6.26. The lowest BCUT2D eigenvalue weighted by Gasteiger charge is -2.30. The average molecular weight is 413 g/mol. The number of hydrogen-bond donors (Lipinski definition) is 1. The number of ether oxygens (including phenoxy) is 2. The zero-order chi connectivity index (χ0) is 20.8. The molecule has 3 rings (SSSR count). The standard InChI is InChI=1S/C21H23N3O4S/c1-4-24-19(25)13-18(20(26)22-14-5-9-16(27-2)10-6-14)29-21(24)23-15-7-11-17(28-3)12-8-15/h5-12,18H,4,13H2,1-3H3,(H,22,26)/t18-/m0/s1. The van der Waals surface area contributed by atoms with Crippen LogP contribution in [0.15, 0.2) is 53.5 Å². The molecule has 1 heterocycles. The number of thioether (sulfide) groups is 1. The molecule has 2 aromatic rings. The Hall–Kier alpha value is -3.00. The summed E-state index contributed by atoms with van der Waals surface area (Å²) in [5.74, 6) is 1.09. The number of nitrogens with zero attached hydrogens (tertiary/aromatic N) is 2. The highest BCUT2D eigenvalue weighted by Crippen LogP contribution is 2.30. The van der Waals surface area contributed by atoms with E-state index in [9.17, 15) is 9.59 Å². The molecule has 8 heteroatoms. The van der Waals surface area contributed by atoms with Gasteiger partial charge in [0.1, 0.15) is 16.7 Å². The molecule has 1 aliphatic rings. The van der Waals surface area contributed by atoms with Crippen molar-refractivity contribution in [1.29, 1.82) is 0 Å². The molecule has 7 nitrogen and oxygen atoms in total. The van der Waals surface area contributed by atoms with Crippen LogP contribution in [-0.2, 0) is 9.59 Å². The zero-order valence-electron chi connectivity index (χ0n) is 16.5. The fourth-order valence-electron chi connectivity index (χ4n) is 2.82. The van der Waals surface area contributed by atoms with Crippen LogP contribution in [0, 0.1) is 0 Å². The highest BCUT2D eigenvalue weighted by atomic mass is 32.2. The molecule has 1 fully saturated rings. The Kier molecular flexibility index (Phi) is 6.77. The second-order valence-corrected chi connectivity index (χ2v) is 7.43. The Bertz CT molecular complexity index is 897. The Labute approximate surface area is 174 Å². The molecular weight excluding hydrogens is 390 g/mol. The number of benzene rings is 2. The molecular formula is C21H23N3O4S. The first-order valence-corrected chi connectivity index (χ1v) is 10.1. The van der Waals surface area contributed by atoms with Crippen molar-refractivity contribution >= 4 is 40.1 Å². The minimum absolute atomic E-state index is 0.117. The van der Waals surface area contributed by atoms with Crippen molar-refractivity contribution in [2.45, 2.75) is 18.6 Å². The van der Waals surface area contributed by atoms with E-state index in [-0.39, 0.29) is 18.2 Å². The van der Waals surface area contributed by atoms with Crippen molar-refractivity contribution in [2.24, 2.45) is 4.99 Å². The van der Waals surface area contributed by atoms with Crippen LogP contribution in [0.5, 0.6) is 11.5 Å². The summed E-state index contributed by atoms with van der Waals surface area (Å²) in [5.41, 5.74) is 1.34. The smallest absolute Gasteiger partial charge is 0.238 e. The fraction of sp³-hybridized carbons (Fsp3) is 0.286. The SMILES string of the molecule is CCN1C(=O)C[C@@H](C(=O)Nc2ccc(OC)cc2)SC1=Nc1ccc(OC)cc1. The number of hydrogen-bond acceptors (Lipinski definition) is 6. The predicted molar refractivity (Wildman–Crippen MR) is 115 cm³/mol. The Morgan fingerprint density at radius 2 is 1.69 bits per heavy atom. The maximum Gasteiger partial charge on any atom is 0.238 e. The largest absolute Gasteiger partial charge is 0.497 e. The molecule has 0 radical (unpaired) electrons. The van der Waals surface area contributed by atoms with Gasteiger partial charge < -0.3 is 14.8 Å². The molecule has 2 amide bonds. The van der Waals surface area contributed by atoms with Gasteiger partial charge in [0, 0.05) is 18.7 Å². The Morgan fingerprint density at radius 1 is 1.10 bits per heavy atom. The van der Waals surface area contributed by atoms with Gasteiger partial charge in [0.2, 0.25) is 11.8 Å². The molecule has 1 saturated heterocycles. The van der Waals surface area contributed by atoms with Gasteiger partial charge in [0.05, 0.1) is 19.9 Å². The van der Waals surface area contributed by atoms with Gasteiger partial charge in [-0.2, -0.15) is 0 Å². The first kappa shape index (κ1) is 20.7. The number of anilines is 1. The van der Waals surface area contributed by atoms with Crippen molar-refractivity contribution in [3.05, 3.63) is 48.5 Å². The minimum atomic E-state index is -0.551. The number of methoxy groups -OCH3 is 2. The third kappa shape index (κ3) is 5.08. The van der Waals surface area contributed by atoms with Crippen LogP contribution in [0.2, 0.25) is 0 Å². The van der Waals surface area contributed by atoms with E-state index in [0.717, 1.165) is 5.75 Å². The Morgan fingerprint density at radius 3 is 2.24 bits per heavy atom. The topological polar surface area (TPSA) is 80.2 Å². The number of aliphatic imine (C=N–C) groups is 1. The van der Waals surface area contributed by atoms with Crippen molar-refractivity contribution in [1.82, 2.24) is 4.90 Å². The average Bonchev–Trinajstić information content (AvgIpc) is 2.74. The molecule has 0 saturated carbocycles. The number of rotatable bonds is 6. The van der Waals surface area contributed by atoms with Crippen LogP contribution < -0.4 is 14.8 Å². The molecule has 2 aromatic carbocycles. The lowest BCUT2D eigenvalue weighted by Crippen LogP contribution is -2.45. The molecule has 1 aliphatic heterocycles. The summed E-state index contributed by atoms with van der Waals surface area (Å²) in [7, 11) is 3.18. The molecule has 152 valence electrons. The molecule has 0 unspecified atom stereocenters. The molecule has 0 spiro atoms. The van der Waals surface area contributed by atoms with E-state index in [2.05, 4.69) is 10.3 Å². The van der Waals surface area contributed by atoms with Crippen molar-refractivity contribution < 1.29 is 19.1 Å². The predicted octanol–water partition coefficient (Wildman–Crippen LogP) is 3.68. The maximum absolute atomic E-state index is 12.7. The Balaban J connectivity index is 1.76. The van der Waals surface area contributed by atoms with Gasteiger partial charge in [-0.1, -0.05) is 11.8 Å². The molecule has 0 aromatic heterocycles. The van der Waals surface area contributed by atoms with E-state index < -0.39 is 5.25 Å². The second kappa shape index (κ2) is 9.47. The first-order valence-electron chi connectivity index (χ1n) is 9.18. The van der Waals surface area contributed by atoms with Crippen molar-refractivity contribution in [3.8, 4) is 11.5 Å². The van der Waals surface area contributed by atoms with Crippen LogP contribution in [0.25, 0.3) is 0 Å². The van der Waals surface area contributed by atoms with Gasteiger partial charge in [0.25, 0.3) is 0 Å². The number of nitrogens with one attached hydrogen (secondary N) is 1. The summed E-state index contributed by atoms with van der Waals surface area (Å²) in [6.45, 7) is 2.38. The summed E-state index contributed by atoms with van der Waals surface area (Å²) in [6, 6.07) is 14.3. The van der Waals surface area contributed by atoms with Crippen molar-refractivity contribution in [2.75, 3.05) is 26.1 Å². The highest BCUT2D eigenvalue weighted by molar-refractivity contribution is 8.15. The molecule has 29 heavy (non-hydrogen) atoms. The van der Waals surface area contributed by atoms with Crippen LogP contribution >= 0.6 is 11.8 Å². The lowest BCUT2D eigenvalue weighted by atomic mass is 10.2. The van der Waals surface area contributed by atoms with E-state index in [0.29, 0.717) is 28.8 Å². The van der Waals surface area contributed by atoms with E-state index >= 15 is 0 Å². The maximum atomic E-state index is 12.7. The monoisotopic (exact) mass is 413 g/mol. The van der Waals surface area contributed by atoms with Gasteiger partial charge in [-0.3, -0.25) is 14.5 Å². The minimum Gasteiger partial charge on any atom is -0.497 e. The van der Waals surface area contributed by atoms with Gasteiger partial charge in [-0.25, -0.2) is 4.99 Å². The molecule has 0 aliphatic carbocycles. The number of amidine groups is 1. The van der Waals surface area contributed by atoms with Crippen LogP contribution in [0.3, 0.4) is 0 Å². The quantitative estimate of drug-likeness (QED) is 0.781. The van der Waals surface area contributed by atoms with E-state index in [1.54, 1.807) is 55.5 Å². The summed E-state index contributed by atoms with van der Waals surface area (Å²) < 4.78 is 10.3. The van der Waals surface area contributed by atoms with Gasteiger partial charge in [-0.15, -0.1) is 0 Å². The zero-order valence-corrected chi connectivity index (χ0v) is 17.4. The fourth-order valence-corrected chi connectivity index (χ4v) is 3.98. The first-order chi connectivity index (χ1) is 14.0. The van der Waals surface area contributed by atoms with Crippen molar-refractivity contribution in [3.63, 3.8) is 0 Å². The summed E-state index contributed by atoms with van der Waals surface area (Å²) >= 11 is 1.29. The third-order valence-corrected chi connectivity index (χ3v) is 5.59. The molecule has 0 bridgehead atoms. The van der Waals surface area contributed by atoms with E-state index in [1.807, 2.05) is 19.1 Å².